The summed E-state index contributed by atoms with van der Waals surface area (Å²) in [5, 5.41) is 0. The van der Waals surface area contributed by atoms with E-state index < -0.39 is 14.8 Å². The topological polar surface area (TPSA) is 0 Å². The van der Waals surface area contributed by atoms with Gasteiger partial charge in [0.15, 0.2) is 0 Å². The van der Waals surface area contributed by atoms with Crippen LogP contribution in [0.25, 0.3) is 0 Å². The molecule has 0 saturated heterocycles. The Morgan fingerprint density at radius 3 is 0.500 bits per heavy atom. The van der Waals surface area contributed by atoms with E-state index in [1.54, 1.807) is 0 Å². The molecule has 18 heavy (non-hydrogen) atoms. The van der Waals surface area contributed by atoms with E-state index >= 15 is 0 Å². The quantitative estimate of drug-likeness (QED) is 0.440. The molecule has 0 aliphatic heterocycles. The summed E-state index contributed by atoms with van der Waals surface area (Å²) in [4.78, 5) is 0. The van der Waals surface area contributed by atoms with Gasteiger partial charge in [-0.05, 0) is 0 Å². The van der Waals surface area contributed by atoms with Crippen LogP contribution in [-0.2, 0) is 14.8 Å². The SMILES string of the molecule is C[C](C)(C)[Zn-2]([C](C)(C)C)([C](C)(C)C)[C](C)(C)C.[Mg+2]. The van der Waals surface area contributed by atoms with Crippen LogP contribution in [0.5, 0.6) is 0 Å². The summed E-state index contributed by atoms with van der Waals surface area (Å²) in [7, 11) is 0. The second-order valence-corrected chi connectivity index (χ2v) is 33.6. The number of rotatable bonds is 0. The van der Waals surface area contributed by atoms with Gasteiger partial charge in [0, 0.05) is 0 Å². The Bertz CT molecular complexity index is 204. The molecule has 0 nitrogen and oxygen atoms in total. The zero-order valence-corrected chi connectivity index (χ0v) is 19.8. The average Bonchev–Trinajstić information content (AvgIpc) is 1.67. The predicted molar refractivity (Wildman–Crippen MR) is 84.6 cm³/mol. The fourth-order valence-electron chi connectivity index (χ4n) is 9.55. The first kappa shape index (κ1) is 21.7. The number of hydrogen-bond donors (Lipinski definition) is 0. The van der Waals surface area contributed by atoms with Crippen molar-refractivity contribution in [2.45, 2.75) is 99.1 Å². The van der Waals surface area contributed by atoms with Crippen molar-refractivity contribution < 1.29 is 14.8 Å². The second kappa shape index (κ2) is 5.64. The fraction of sp³-hybridized carbons (Fsp3) is 1.00. The van der Waals surface area contributed by atoms with Crippen LogP contribution in [0.15, 0.2) is 0 Å². The molecule has 0 aliphatic rings. The van der Waals surface area contributed by atoms with Crippen molar-refractivity contribution >= 4 is 23.1 Å². The van der Waals surface area contributed by atoms with Crippen LogP contribution in [0.3, 0.4) is 0 Å². The molecule has 0 amide bonds. The maximum atomic E-state index is 2.51. The minimum atomic E-state index is -2.67. The Balaban J connectivity index is 0. The second-order valence-electron chi connectivity index (χ2n) is 11.3. The molecule has 0 saturated carbocycles. The van der Waals surface area contributed by atoms with E-state index in [1.807, 2.05) is 0 Å². The molecule has 0 bridgehead atoms. The summed E-state index contributed by atoms with van der Waals surface area (Å²) in [6.07, 6.45) is 0. The summed E-state index contributed by atoms with van der Waals surface area (Å²) < 4.78 is 1.94. The molecule has 0 aromatic carbocycles. The van der Waals surface area contributed by atoms with E-state index in [-0.39, 0.29) is 23.1 Å². The Morgan fingerprint density at radius 1 is 0.389 bits per heavy atom. The van der Waals surface area contributed by atoms with Gasteiger partial charge in [0.25, 0.3) is 0 Å². The number of hydrogen-bond acceptors (Lipinski definition) is 0. The molecule has 2 heteroatoms. The van der Waals surface area contributed by atoms with Crippen molar-refractivity contribution in [2.75, 3.05) is 0 Å². The summed E-state index contributed by atoms with van der Waals surface area (Å²) >= 11 is -2.67. The first-order chi connectivity index (χ1) is 7.00. The van der Waals surface area contributed by atoms with Crippen LogP contribution in [0.4, 0.5) is 0 Å². The summed E-state index contributed by atoms with van der Waals surface area (Å²) in [5.41, 5.74) is 0. The molecule has 0 fully saturated rings. The zero-order valence-electron chi connectivity index (χ0n) is 15.4. The van der Waals surface area contributed by atoms with Gasteiger partial charge < -0.3 is 0 Å². The molecule has 104 valence electrons. The Labute approximate surface area is 136 Å². The predicted octanol–water partition coefficient (Wildman–Crippen LogP) is 6.63. The Hall–Kier alpha value is 1.39. The Kier molecular flexibility index (Phi) is 6.80. The standard InChI is InChI=1S/4C4H9.Mg.Zn/c4*1-4(2)3;;/h4*1-3H3;;/q;;;;+2;-2. The van der Waals surface area contributed by atoms with E-state index in [2.05, 4.69) is 83.1 Å². The van der Waals surface area contributed by atoms with Crippen LogP contribution < -0.4 is 0 Å². The van der Waals surface area contributed by atoms with Gasteiger partial charge in [0.05, 0.1) is 0 Å². The van der Waals surface area contributed by atoms with Crippen LogP contribution in [0.2, 0.25) is 16.0 Å². The molecule has 0 aromatic rings. The average molecular weight is 318 g/mol. The normalized spacial score (nSPS) is 15.3. The van der Waals surface area contributed by atoms with Gasteiger partial charge in [-0.25, -0.2) is 0 Å². The summed E-state index contributed by atoms with van der Waals surface area (Å²) in [6, 6.07) is 0. The fourth-order valence-corrected chi connectivity index (χ4v) is 49.6. The summed E-state index contributed by atoms with van der Waals surface area (Å²) in [5.74, 6) is 0. The molecule has 0 spiro atoms. The van der Waals surface area contributed by atoms with E-state index in [4.69, 9.17) is 0 Å². The minimum Gasteiger partial charge on any atom is 2.00 e. The molecule has 0 unspecified atom stereocenters. The smallest absolute Gasteiger partial charge is 2.00 e. The maximum Gasteiger partial charge on any atom is 2.00 e. The molecular formula is C16H36MgZn. The van der Waals surface area contributed by atoms with E-state index in [9.17, 15) is 0 Å². The third-order valence-electron chi connectivity index (χ3n) is 6.36. The van der Waals surface area contributed by atoms with Crippen molar-refractivity contribution in [1.29, 1.82) is 0 Å². The minimum absolute atomic E-state index is 0. The molecule has 0 aromatic heterocycles. The van der Waals surface area contributed by atoms with Crippen LogP contribution in [0, 0.1) is 0 Å². The monoisotopic (exact) mass is 316 g/mol. The summed E-state index contributed by atoms with van der Waals surface area (Å²) in [6.45, 7) is 30.1. The zero-order chi connectivity index (χ0) is 14.5. The molecule has 0 atom stereocenters. The molecule has 0 N–H and O–H groups in total. The first-order valence-corrected chi connectivity index (χ1v) is 13.3. The van der Waals surface area contributed by atoms with Gasteiger partial charge in [-0.15, -0.1) is 0 Å². The van der Waals surface area contributed by atoms with Gasteiger partial charge in [-0.3, -0.25) is 0 Å². The van der Waals surface area contributed by atoms with E-state index in [0.717, 1.165) is 0 Å². The molecule has 0 rings (SSSR count). The largest absolute Gasteiger partial charge is 2.00 e. The van der Waals surface area contributed by atoms with Gasteiger partial charge in [-0.2, -0.15) is 0 Å². The van der Waals surface area contributed by atoms with E-state index in [1.165, 1.54) is 0 Å². The van der Waals surface area contributed by atoms with Crippen LogP contribution >= 0.6 is 0 Å². The maximum absolute atomic E-state index is 2.67. The third kappa shape index (κ3) is 3.34. The van der Waals surface area contributed by atoms with Crippen molar-refractivity contribution in [3.05, 3.63) is 0 Å². The first-order valence-electron chi connectivity index (χ1n) is 7.41. The van der Waals surface area contributed by atoms with E-state index in [0.29, 0.717) is 16.0 Å². The van der Waals surface area contributed by atoms with Gasteiger partial charge >= 0.3 is 137 Å². The van der Waals surface area contributed by atoms with Crippen molar-refractivity contribution in [1.82, 2.24) is 0 Å². The molecular weight excluding hydrogens is 282 g/mol. The van der Waals surface area contributed by atoms with Crippen molar-refractivity contribution in [3.8, 4) is 0 Å². The molecule has 0 radical (unpaired) electrons. The van der Waals surface area contributed by atoms with Gasteiger partial charge in [-0.1, -0.05) is 0 Å². The Morgan fingerprint density at radius 2 is 0.500 bits per heavy atom. The van der Waals surface area contributed by atoms with Crippen LogP contribution in [-0.4, -0.2) is 23.1 Å². The van der Waals surface area contributed by atoms with Gasteiger partial charge in [0.2, 0.25) is 0 Å². The van der Waals surface area contributed by atoms with Crippen LogP contribution in [0.1, 0.15) is 83.1 Å². The van der Waals surface area contributed by atoms with Gasteiger partial charge in [0.1, 0.15) is 0 Å². The van der Waals surface area contributed by atoms with Crippen molar-refractivity contribution in [2.24, 2.45) is 0 Å². The van der Waals surface area contributed by atoms with Crippen molar-refractivity contribution in [3.63, 3.8) is 0 Å². The molecule has 0 aliphatic carbocycles. The third-order valence-corrected chi connectivity index (χ3v) is 33.1. The molecule has 0 heterocycles.